The van der Waals surface area contributed by atoms with Crippen LogP contribution in [0.25, 0.3) is 11.1 Å². The van der Waals surface area contributed by atoms with Gasteiger partial charge in [0.05, 0.1) is 0 Å². The number of carbonyl (C=O) groups is 1. The van der Waals surface area contributed by atoms with Crippen LogP contribution < -0.4 is 16.8 Å². The minimum absolute atomic E-state index is 0.209. The van der Waals surface area contributed by atoms with Crippen molar-refractivity contribution in [3.8, 4) is 11.1 Å². The number of hydrogen-bond donors (Lipinski definition) is 3. The lowest BCUT2D eigenvalue weighted by atomic mass is 10.0. The van der Waals surface area contributed by atoms with Crippen molar-refractivity contribution in [1.82, 2.24) is 0 Å². The maximum absolute atomic E-state index is 11.9. The van der Waals surface area contributed by atoms with Gasteiger partial charge in [0, 0.05) is 28.2 Å². The zero-order chi connectivity index (χ0) is 17.6. The van der Waals surface area contributed by atoms with Crippen molar-refractivity contribution in [2.24, 2.45) is 0 Å². The number of carbonyl (C=O) groups excluding carboxylic acids is 1. The molecular weight excluding hydrogens is 314 g/mol. The Labute approximate surface area is 146 Å². The highest BCUT2D eigenvalue weighted by Crippen LogP contribution is 2.32. The summed E-state index contributed by atoms with van der Waals surface area (Å²) in [5, 5.41) is 2.67. The number of nitrogens with two attached hydrogens (primary N) is 2. The lowest BCUT2D eigenvalue weighted by molar-refractivity contribution is 0.155. The first-order chi connectivity index (χ1) is 12.1. The lowest BCUT2D eigenvalue weighted by Crippen LogP contribution is -2.13. The van der Waals surface area contributed by atoms with Gasteiger partial charge >= 0.3 is 6.09 Å². The zero-order valence-corrected chi connectivity index (χ0v) is 13.6. The summed E-state index contributed by atoms with van der Waals surface area (Å²) < 4.78 is 5.20. The first-order valence-corrected chi connectivity index (χ1v) is 7.85. The Morgan fingerprint density at radius 2 is 1.52 bits per heavy atom. The van der Waals surface area contributed by atoms with Crippen LogP contribution in [0.2, 0.25) is 0 Å². The van der Waals surface area contributed by atoms with Crippen LogP contribution in [-0.2, 0) is 11.3 Å². The fraction of sp³-hybridized carbons (Fsp3) is 0.0500. The normalized spacial score (nSPS) is 10.2. The third-order valence-corrected chi connectivity index (χ3v) is 3.76. The van der Waals surface area contributed by atoms with Crippen LogP contribution in [0, 0.1) is 0 Å². The Morgan fingerprint density at radius 1 is 0.840 bits per heavy atom. The third-order valence-electron chi connectivity index (χ3n) is 3.76. The molecule has 3 aromatic carbocycles. The van der Waals surface area contributed by atoms with E-state index in [9.17, 15) is 4.79 Å². The number of benzene rings is 3. The van der Waals surface area contributed by atoms with E-state index in [0.717, 1.165) is 16.7 Å². The van der Waals surface area contributed by atoms with Crippen LogP contribution >= 0.6 is 0 Å². The van der Waals surface area contributed by atoms with E-state index in [1.807, 2.05) is 60.7 Å². The average molecular weight is 333 g/mol. The van der Waals surface area contributed by atoms with Gasteiger partial charge in [0.1, 0.15) is 6.61 Å². The lowest BCUT2D eigenvalue weighted by Gasteiger charge is -2.12. The molecule has 0 aliphatic rings. The van der Waals surface area contributed by atoms with Gasteiger partial charge in [-0.05, 0) is 23.8 Å². The van der Waals surface area contributed by atoms with Crippen molar-refractivity contribution in [2.45, 2.75) is 6.61 Å². The fourth-order valence-electron chi connectivity index (χ4n) is 2.51. The molecule has 0 atom stereocenters. The van der Waals surface area contributed by atoms with Crippen molar-refractivity contribution >= 4 is 23.2 Å². The molecule has 126 valence electrons. The molecule has 0 spiro atoms. The van der Waals surface area contributed by atoms with Gasteiger partial charge in [-0.15, -0.1) is 0 Å². The summed E-state index contributed by atoms with van der Waals surface area (Å²) >= 11 is 0. The average Bonchev–Trinajstić information content (AvgIpc) is 2.62. The number of nitrogens with one attached hydrogen (secondary N) is 1. The molecule has 5 N–H and O–H groups in total. The molecule has 0 saturated carbocycles. The van der Waals surface area contributed by atoms with Crippen LogP contribution in [0.4, 0.5) is 21.9 Å². The number of rotatable bonds is 4. The molecule has 25 heavy (non-hydrogen) atoms. The molecule has 0 aromatic heterocycles. The third kappa shape index (κ3) is 4.09. The standard InChI is InChI=1S/C20H19N3O2/c21-18-9-5-4-8-16(18)17-11-10-15(12-19(17)22)23-20(24)25-13-14-6-2-1-3-7-14/h1-12H,13,21-22H2,(H,23,24). The van der Waals surface area contributed by atoms with Crippen LogP contribution in [0.3, 0.4) is 0 Å². The Morgan fingerprint density at radius 3 is 2.24 bits per heavy atom. The van der Waals surface area contributed by atoms with Crippen molar-refractivity contribution in [1.29, 1.82) is 0 Å². The molecule has 5 heteroatoms. The quantitative estimate of drug-likeness (QED) is 0.622. The highest BCUT2D eigenvalue weighted by Gasteiger charge is 2.09. The molecular formula is C20H19N3O2. The summed E-state index contributed by atoms with van der Waals surface area (Å²) in [6, 6.07) is 22.3. The number of nitrogen functional groups attached to an aromatic ring is 2. The van der Waals surface area contributed by atoms with Gasteiger partial charge in [-0.1, -0.05) is 54.6 Å². The molecule has 0 radical (unpaired) electrons. The second kappa shape index (κ2) is 7.40. The van der Waals surface area contributed by atoms with Crippen molar-refractivity contribution in [2.75, 3.05) is 16.8 Å². The SMILES string of the molecule is Nc1ccccc1-c1ccc(NC(=O)OCc2ccccc2)cc1N. The van der Waals surface area contributed by atoms with Gasteiger partial charge in [0.25, 0.3) is 0 Å². The maximum atomic E-state index is 11.9. The monoisotopic (exact) mass is 333 g/mol. The summed E-state index contributed by atoms with van der Waals surface area (Å²) in [4.78, 5) is 11.9. The Hall–Kier alpha value is -3.47. The summed E-state index contributed by atoms with van der Waals surface area (Å²) in [6.45, 7) is 0.209. The van der Waals surface area contributed by atoms with E-state index in [1.54, 1.807) is 12.1 Å². The van der Waals surface area contributed by atoms with E-state index in [0.29, 0.717) is 17.1 Å². The number of anilines is 3. The number of hydrogen-bond acceptors (Lipinski definition) is 4. The maximum Gasteiger partial charge on any atom is 0.411 e. The Balaban J connectivity index is 1.67. The summed E-state index contributed by atoms with van der Waals surface area (Å²) in [7, 11) is 0. The van der Waals surface area contributed by atoms with E-state index >= 15 is 0 Å². The van der Waals surface area contributed by atoms with E-state index in [2.05, 4.69) is 5.32 Å². The minimum Gasteiger partial charge on any atom is -0.444 e. The first-order valence-electron chi connectivity index (χ1n) is 7.85. The van der Waals surface area contributed by atoms with Crippen molar-refractivity contribution in [3.05, 3.63) is 78.4 Å². The number of para-hydroxylation sites is 1. The van der Waals surface area contributed by atoms with Crippen LogP contribution in [0.1, 0.15) is 5.56 Å². The Kier molecular flexibility index (Phi) is 4.85. The second-order valence-electron chi connectivity index (χ2n) is 5.58. The van der Waals surface area contributed by atoms with E-state index in [-0.39, 0.29) is 6.61 Å². The summed E-state index contributed by atoms with van der Waals surface area (Å²) in [5.74, 6) is 0. The van der Waals surface area contributed by atoms with E-state index in [4.69, 9.17) is 16.2 Å². The summed E-state index contributed by atoms with van der Waals surface area (Å²) in [5.41, 5.74) is 16.4. The Bertz CT molecular complexity index is 879. The summed E-state index contributed by atoms with van der Waals surface area (Å²) in [6.07, 6.45) is -0.532. The van der Waals surface area contributed by atoms with Gasteiger partial charge in [-0.3, -0.25) is 5.32 Å². The molecule has 3 rings (SSSR count). The highest BCUT2D eigenvalue weighted by molar-refractivity contribution is 5.90. The second-order valence-corrected chi connectivity index (χ2v) is 5.58. The predicted octanol–water partition coefficient (Wildman–Crippen LogP) is 4.27. The zero-order valence-electron chi connectivity index (χ0n) is 13.6. The smallest absolute Gasteiger partial charge is 0.411 e. The number of amides is 1. The largest absolute Gasteiger partial charge is 0.444 e. The van der Waals surface area contributed by atoms with Crippen LogP contribution in [0.15, 0.2) is 72.8 Å². The minimum atomic E-state index is -0.532. The highest BCUT2D eigenvalue weighted by atomic mass is 16.5. The topological polar surface area (TPSA) is 90.4 Å². The van der Waals surface area contributed by atoms with Gasteiger partial charge in [0.15, 0.2) is 0 Å². The molecule has 0 aliphatic heterocycles. The van der Waals surface area contributed by atoms with Gasteiger partial charge in [0.2, 0.25) is 0 Å². The van der Waals surface area contributed by atoms with Crippen molar-refractivity contribution in [3.63, 3.8) is 0 Å². The molecule has 0 bridgehead atoms. The number of ether oxygens (including phenoxy) is 1. The van der Waals surface area contributed by atoms with Crippen LogP contribution in [-0.4, -0.2) is 6.09 Å². The molecule has 3 aromatic rings. The fourth-order valence-corrected chi connectivity index (χ4v) is 2.51. The molecule has 1 amide bonds. The molecule has 0 saturated heterocycles. The molecule has 5 nitrogen and oxygen atoms in total. The van der Waals surface area contributed by atoms with Gasteiger partial charge < -0.3 is 16.2 Å². The van der Waals surface area contributed by atoms with Gasteiger partial charge in [-0.2, -0.15) is 0 Å². The van der Waals surface area contributed by atoms with E-state index in [1.165, 1.54) is 0 Å². The first kappa shape index (κ1) is 16.4. The molecule has 0 aliphatic carbocycles. The predicted molar refractivity (Wildman–Crippen MR) is 101 cm³/mol. The molecule has 0 fully saturated rings. The van der Waals surface area contributed by atoms with Gasteiger partial charge in [-0.25, -0.2) is 4.79 Å². The van der Waals surface area contributed by atoms with Crippen LogP contribution in [0.5, 0.6) is 0 Å². The van der Waals surface area contributed by atoms with E-state index < -0.39 is 6.09 Å². The molecule has 0 unspecified atom stereocenters. The molecule has 0 heterocycles. The van der Waals surface area contributed by atoms with Crippen molar-refractivity contribution < 1.29 is 9.53 Å².